The number of amides is 1. The van der Waals surface area contributed by atoms with E-state index in [0.29, 0.717) is 0 Å². The number of anilines is 1. The van der Waals surface area contributed by atoms with Gasteiger partial charge in [-0.15, -0.1) is 0 Å². The average molecular weight is 351 g/mol. The molecule has 0 saturated heterocycles. The van der Waals surface area contributed by atoms with E-state index in [-0.39, 0.29) is 17.3 Å². The highest BCUT2D eigenvalue weighted by molar-refractivity contribution is 9.10. The summed E-state index contributed by atoms with van der Waals surface area (Å²) in [6.45, 7) is 2.01. The molecule has 5 heteroatoms. The summed E-state index contributed by atoms with van der Waals surface area (Å²) >= 11 is 3.43. The Kier molecular flexibility index (Phi) is 4.96. The van der Waals surface area contributed by atoms with E-state index in [1.54, 1.807) is 0 Å². The predicted molar refractivity (Wildman–Crippen MR) is 85.7 cm³/mol. The molecule has 0 radical (unpaired) electrons. The van der Waals surface area contributed by atoms with Gasteiger partial charge in [-0.3, -0.25) is 4.79 Å². The zero-order valence-corrected chi connectivity index (χ0v) is 13.2. The molecule has 2 rings (SSSR count). The molecule has 3 N–H and O–H groups in total. The van der Waals surface area contributed by atoms with Gasteiger partial charge in [0, 0.05) is 10.0 Å². The number of carbonyl (C=O) groups excluding carboxylic acids is 1. The predicted octanol–water partition coefficient (Wildman–Crippen LogP) is 4.25. The van der Waals surface area contributed by atoms with E-state index in [0.717, 1.165) is 16.5 Å². The van der Waals surface area contributed by atoms with E-state index in [1.807, 2.05) is 31.2 Å². The fraction of sp³-hybridized carbons (Fsp3) is 0.188. The van der Waals surface area contributed by atoms with Crippen molar-refractivity contribution >= 4 is 27.5 Å². The van der Waals surface area contributed by atoms with Gasteiger partial charge in [-0.1, -0.05) is 35.0 Å². The van der Waals surface area contributed by atoms with Crippen molar-refractivity contribution < 1.29 is 9.18 Å². The number of carbonyl (C=O) groups is 1. The largest absolute Gasteiger partial charge is 0.376 e. The topological polar surface area (TPSA) is 55.1 Å². The summed E-state index contributed by atoms with van der Waals surface area (Å²) in [7, 11) is 0. The van der Waals surface area contributed by atoms with Crippen LogP contribution in [0.25, 0.3) is 0 Å². The Morgan fingerprint density at radius 2 is 2.10 bits per heavy atom. The second-order valence-corrected chi connectivity index (χ2v) is 5.63. The van der Waals surface area contributed by atoms with Gasteiger partial charge in [0.15, 0.2) is 0 Å². The average Bonchev–Trinajstić information content (AvgIpc) is 2.46. The Morgan fingerprint density at radius 3 is 2.71 bits per heavy atom. The monoisotopic (exact) mass is 350 g/mol. The first-order valence-electron chi connectivity index (χ1n) is 6.62. The Balaban J connectivity index is 2.30. The number of primary amides is 1. The quantitative estimate of drug-likeness (QED) is 0.846. The smallest absolute Gasteiger partial charge is 0.248 e. The van der Waals surface area contributed by atoms with Crippen molar-refractivity contribution in [3.05, 3.63) is 63.9 Å². The summed E-state index contributed by atoms with van der Waals surface area (Å²) in [5, 5.41) is 3.13. The van der Waals surface area contributed by atoms with Crippen molar-refractivity contribution in [1.82, 2.24) is 0 Å². The molecule has 2 aromatic rings. The molecule has 0 aliphatic carbocycles. The highest BCUT2D eigenvalue weighted by atomic mass is 79.9. The van der Waals surface area contributed by atoms with Crippen molar-refractivity contribution in [1.29, 1.82) is 0 Å². The molecule has 1 amide bonds. The number of hydrogen-bond donors (Lipinski definition) is 2. The third kappa shape index (κ3) is 3.82. The lowest BCUT2D eigenvalue weighted by atomic mass is 10.0. The molecule has 21 heavy (non-hydrogen) atoms. The summed E-state index contributed by atoms with van der Waals surface area (Å²) in [5.41, 5.74) is 6.83. The third-order valence-electron chi connectivity index (χ3n) is 3.24. The van der Waals surface area contributed by atoms with Crippen molar-refractivity contribution in [3.63, 3.8) is 0 Å². The number of hydrogen-bond acceptors (Lipinski definition) is 2. The second-order valence-electron chi connectivity index (χ2n) is 4.72. The van der Waals surface area contributed by atoms with Crippen LogP contribution in [0.2, 0.25) is 0 Å². The summed E-state index contributed by atoms with van der Waals surface area (Å²) in [4.78, 5) is 11.2. The van der Waals surface area contributed by atoms with Crippen molar-refractivity contribution in [3.8, 4) is 0 Å². The normalized spacial score (nSPS) is 12.0. The minimum atomic E-state index is -0.575. The summed E-state index contributed by atoms with van der Waals surface area (Å²) < 4.78 is 14.9. The number of nitrogens with two attached hydrogens (primary N) is 1. The van der Waals surface area contributed by atoms with E-state index in [1.165, 1.54) is 18.2 Å². The Hall–Kier alpha value is -1.88. The number of halogens is 2. The third-order valence-corrected chi connectivity index (χ3v) is 3.73. The van der Waals surface area contributed by atoms with Crippen LogP contribution in [-0.2, 0) is 0 Å². The fourth-order valence-electron chi connectivity index (χ4n) is 2.12. The SMILES string of the molecule is CCC(Nc1cc(C(N)=O)ccc1F)c1cccc(Br)c1. The molecular formula is C16H16BrFN2O. The standard InChI is InChI=1S/C16H16BrFN2O/c1-2-14(10-4-3-5-12(17)8-10)20-15-9-11(16(19)21)6-7-13(15)18/h3-9,14,20H,2H2,1H3,(H2,19,21). The lowest BCUT2D eigenvalue weighted by Gasteiger charge is -2.20. The fourth-order valence-corrected chi connectivity index (χ4v) is 2.54. The first kappa shape index (κ1) is 15.5. The molecule has 0 bridgehead atoms. The van der Waals surface area contributed by atoms with E-state index in [9.17, 15) is 9.18 Å². The van der Waals surface area contributed by atoms with Crippen LogP contribution in [0.5, 0.6) is 0 Å². The molecule has 0 spiro atoms. The molecular weight excluding hydrogens is 335 g/mol. The highest BCUT2D eigenvalue weighted by Gasteiger charge is 2.13. The summed E-state index contributed by atoms with van der Waals surface area (Å²) in [6.07, 6.45) is 0.774. The van der Waals surface area contributed by atoms with Crippen molar-refractivity contribution in [2.45, 2.75) is 19.4 Å². The number of benzene rings is 2. The van der Waals surface area contributed by atoms with Gasteiger partial charge in [0.25, 0.3) is 0 Å². The molecule has 0 saturated carbocycles. The van der Waals surface area contributed by atoms with Crippen LogP contribution in [-0.4, -0.2) is 5.91 Å². The Bertz CT molecular complexity index is 660. The summed E-state index contributed by atoms with van der Waals surface area (Å²) in [6, 6.07) is 11.8. The lowest BCUT2D eigenvalue weighted by molar-refractivity contribution is 0.100. The molecule has 0 fully saturated rings. The Labute approximate surface area is 131 Å². The van der Waals surface area contributed by atoms with Crippen LogP contribution in [0.4, 0.5) is 10.1 Å². The van der Waals surface area contributed by atoms with Gasteiger partial charge in [-0.05, 0) is 42.3 Å². The van der Waals surface area contributed by atoms with Gasteiger partial charge in [-0.2, -0.15) is 0 Å². The second kappa shape index (κ2) is 6.72. The molecule has 2 aromatic carbocycles. The van der Waals surface area contributed by atoms with Crippen LogP contribution < -0.4 is 11.1 Å². The molecule has 110 valence electrons. The molecule has 0 aliphatic rings. The minimum Gasteiger partial charge on any atom is -0.376 e. The van der Waals surface area contributed by atoms with Crippen LogP contribution in [0.1, 0.15) is 35.3 Å². The van der Waals surface area contributed by atoms with Crippen LogP contribution >= 0.6 is 15.9 Å². The molecule has 0 heterocycles. The molecule has 0 aromatic heterocycles. The number of rotatable bonds is 5. The van der Waals surface area contributed by atoms with E-state index >= 15 is 0 Å². The maximum atomic E-state index is 13.9. The van der Waals surface area contributed by atoms with Gasteiger partial charge < -0.3 is 11.1 Å². The zero-order chi connectivity index (χ0) is 15.4. The van der Waals surface area contributed by atoms with Gasteiger partial charge in [-0.25, -0.2) is 4.39 Å². The van der Waals surface area contributed by atoms with Crippen molar-refractivity contribution in [2.75, 3.05) is 5.32 Å². The molecule has 3 nitrogen and oxygen atoms in total. The van der Waals surface area contributed by atoms with E-state index in [4.69, 9.17) is 5.73 Å². The minimum absolute atomic E-state index is 0.0554. The number of nitrogens with one attached hydrogen (secondary N) is 1. The van der Waals surface area contributed by atoms with E-state index in [2.05, 4.69) is 21.2 Å². The molecule has 0 aliphatic heterocycles. The van der Waals surface area contributed by atoms with Crippen LogP contribution in [0, 0.1) is 5.82 Å². The first-order chi connectivity index (χ1) is 10.0. The summed E-state index contributed by atoms with van der Waals surface area (Å²) in [5.74, 6) is -0.984. The van der Waals surface area contributed by atoms with Gasteiger partial charge in [0.1, 0.15) is 5.82 Å². The molecule has 1 atom stereocenters. The molecule has 1 unspecified atom stereocenters. The van der Waals surface area contributed by atoms with Gasteiger partial charge in [0.05, 0.1) is 11.7 Å². The van der Waals surface area contributed by atoms with Crippen LogP contribution in [0.15, 0.2) is 46.9 Å². The maximum absolute atomic E-state index is 13.9. The van der Waals surface area contributed by atoms with Crippen molar-refractivity contribution in [2.24, 2.45) is 5.73 Å². The highest BCUT2D eigenvalue weighted by Crippen LogP contribution is 2.26. The zero-order valence-electron chi connectivity index (χ0n) is 11.6. The van der Waals surface area contributed by atoms with Gasteiger partial charge in [0.2, 0.25) is 5.91 Å². The Morgan fingerprint density at radius 1 is 1.33 bits per heavy atom. The lowest BCUT2D eigenvalue weighted by Crippen LogP contribution is -2.14. The van der Waals surface area contributed by atoms with E-state index < -0.39 is 11.7 Å². The van der Waals surface area contributed by atoms with Crippen LogP contribution in [0.3, 0.4) is 0 Å². The first-order valence-corrected chi connectivity index (χ1v) is 7.42. The van der Waals surface area contributed by atoms with Gasteiger partial charge >= 0.3 is 0 Å². The maximum Gasteiger partial charge on any atom is 0.248 e.